The molecule has 1 heterocycles. The maximum atomic E-state index is 12.6. The van der Waals surface area contributed by atoms with E-state index in [9.17, 15) is 9.90 Å². The van der Waals surface area contributed by atoms with E-state index in [-0.39, 0.29) is 18.4 Å². The van der Waals surface area contributed by atoms with Gasteiger partial charge in [-0.25, -0.2) is 0 Å². The number of amides is 1. The number of hydrogen-bond acceptors (Lipinski definition) is 4. The molecule has 0 aliphatic carbocycles. The van der Waals surface area contributed by atoms with Crippen LogP contribution in [-0.2, 0) is 11.3 Å². The summed E-state index contributed by atoms with van der Waals surface area (Å²) >= 11 is 0. The Bertz CT molecular complexity index is 459. The molecule has 0 bridgehead atoms. The van der Waals surface area contributed by atoms with Crippen molar-refractivity contribution < 1.29 is 14.6 Å². The van der Waals surface area contributed by atoms with Crippen molar-refractivity contribution in [2.45, 2.75) is 19.4 Å². The van der Waals surface area contributed by atoms with Gasteiger partial charge in [-0.1, -0.05) is 18.2 Å². The number of carbonyl (C=O) groups is 1. The van der Waals surface area contributed by atoms with E-state index in [1.54, 1.807) is 12.0 Å². The number of methoxy groups -OCH3 is 1. The van der Waals surface area contributed by atoms with Crippen LogP contribution in [0.4, 0.5) is 0 Å². The van der Waals surface area contributed by atoms with Crippen molar-refractivity contribution in [2.24, 2.45) is 5.92 Å². The maximum absolute atomic E-state index is 12.6. The lowest BCUT2D eigenvalue weighted by Crippen LogP contribution is -2.43. The molecule has 21 heavy (non-hydrogen) atoms. The van der Waals surface area contributed by atoms with Crippen LogP contribution in [0, 0.1) is 5.92 Å². The van der Waals surface area contributed by atoms with Crippen molar-refractivity contribution in [3.05, 3.63) is 29.8 Å². The molecule has 0 radical (unpaired) electrons. The molecule has 0 spiro atoms. The molecule has 1 atom stereocenters. The number of carbonyl (C=O) groups excluding carboxylic acids is 1. The average molecular weight is 292 g/mol. The van der Waals surface area contributed by atoms with Gasteiger partial charge in [0.1, 0.15) is 5.75 Å². The van der Waals surface area contributed by atoms with E-state index in [4.69, 9.17) is 4.74 Å². The Kier molecular flexibility index (Phi) is 6.02. The highest BCUT2D eigenvalue weighted by Crippen LogP contribution is 2.21. The predicted octanol–water partition coefficient (Wildman–Crippen LogP) is 1.02. The zero-order valence-corrected chi connectivity index (χ0v) is 12.5. The van der Waals surface area contributed by atoms with E-state index < -0.39 is 0 Å². The van der Waals surface area contributed by atoms with Crippen molar-refractivity contribution >= 4 is 5.91 Å². The molecule has 2 N–H and O–H groups in total. The number of benzene rings is 1. The van der Waals surface area contributed by atoms with Gasteiger partial charge < -0.3 is 20.1 Å². The van der Waals surface area contributed by atoms with Crippen molar-refractivity contribution in [3.8, 4) is 5.75 Å². The van der Waals surface area contributed by atoms with Gasteiger partial charge in [-0.2, -0.15) is 0 Å². The summed E-state index contributed by atoms with van der Waals surface area (Å²) in [6.07, 6.45) is 1.94. The third kappa shape index (κ3) is 4.19. The molecule has 2 rings (SSSR count). The van der Waals surface area contributed by atoms with Crippen molar-refractivity contribution in [1.82, 2.24) is 10.2 Å². The Morgan fingerprint density at radius 1 is 1.48 bits per heavy atom. The van der Waals surface area contributed by atoms with Crippen LogP contribution in [0.5, 0.6) is 5.75 Å². The van der Waals surface area contributed by atoms with Crippen LogP contribution >= 0.6 is 0 Å². The van der Waals surface area contributed by atoms with E-state index in [2.05, 4.69) is 5.32 Å². The molecule has 1 unspecified atom stereocenters. The summed E-state index contributed by atoms with van der Waals surface area (Å²) in [6, 6.07) is 7.68. The third-order valence-corrected chi connectivity index (χ3v) is 3.88. The lowest BCUT2D eigenvalue weighted by atomic mass is 9.98. The zero-order valence-electron chi connectivity index (χ0n) is 12.5. The molecule has 1 aromatic carbocycles. The molecular formula is C16H24N2O3. The molecule has 1 amide bonds. The van der Waals surface area contributed by atoms with E-state index in [0.29, 0.717) is 13.1 Å². The molecule has 1 fully saturated rings. The van der Waals surface area contributed by atoms with Gasteiger partial charge in [0, 0.05) is 25.2 Å². The fraction of sp³-hybridized carbons (Fsp3) is 0.562. The zero-order chi connectivity index (χ0) is 15.1. The first kappa shape index (κ1) is 15.8. The average Bonchev–Trinajstić information content (AvgIpc) is 2.55. The first-order chi connectivity index (χ1) is 10.3. The molecule has 5 nitrogen and oxygen atoms in total. The predicted molar refractivity (Wildman–Crippen MR) is 81.1 cm³/mol. The summed E-state index contributed by atoms with van der Waals surface area (Å²) in [7, 11) is 1.63. The summed E-state index contributed by atoms with van der Waals surface area (Å²) in [6.45, 7) is 2.51. The van der Waals surface area contributed by atoms with E-state index >= 15 is 0 Å². The number of hydrogen-bond donors (Lipinski definition) is 2. The Balaban J connectivity index is 2.08. The second-order valence-electron chi connectivity index (χ2n) is 5.34. The number of rotatable bonds is 6. The summed E-state index contributed by atoms with van der Waals surface area (Å²) in [5, 5.41) is 12.5. The molecule has 1 aliphatic heterocycles. The lowest BCUT2D eigenvalue weighted by Gasteiger charge is -2.29. The van der Waals surface area contributed by atoms with Gasteiger partial charge in [-0.05, 0) is 25.5 Å². The highest BCUT2D eigenvalue weighted by atomic mass is 16.5. The van der Waals surface area contributed by atoms with Crippen LogP contribution in [0.15, 0.2) is 24.3 Å². The van der Waals surface area contributed by atoms with Gasteiger partial charge in [0.05, 0.1) is 19.6 Å². The van der Waals surface area contributed by atoms with E-state index in [1.165, 1.54) is 0 Å². The molecular weight excluding hydrogens is 268 g/mol. The van der Waals surface area contributed by atoms with Gasteiger partial charge in [0.2, 0.25) is 5.91 Å². The van der Waals surface area contributed by atoms with E-state index in [1.807, 2.05) is 24.3 Å². The summed E-state index contributed by atoms with van der Waals surface area (Å²) in [5.74, 6) is 0.900. The Morgan fingerprint density at radius 2 is 2.29 bits per heavy atom. The second kappa shape index (κ2) is 8.00. The molecule has 1 aromatic rings. The SMILES string of the molecule is COc1ccccc1CN(CCO)C(=O)C1CCCNC1. The quantitative estimate of drug-likeness (QED) is 0.821. The smallest absolute Gasteiger partial charge is 0.227 e. The maximum Gasteiger partial charge on any atom is 0.227 e. The van der Waals surface area contributed by atoms with Crippen LogP contribution in [-0.4, -0.2) is 49.3 Å². The van der Waals surface area contributed by atoms with Crippen molar-refractivity contribution in [2.75, 3.05) is 33.4 Å². The Labute approximate surface area is 125 Å². The van der Waals surface area contributed by atoms with Crippen LogP contribution < -0.4 is 10.1 Å². The molecule has 5 heteroatoms. The number of aliphatic hydroxyl groups is 1. The lowest BCUT2D eigenvalue weighted by molar-refractivity contribution is -0.137. The second-order valence-corrected chi connectivity index (χ2v) is 5.34. The van der Waals surface area contributed by atoms with Gasteiger partial charge >= 0.3 is 0 Å². The monoisotopic (exact) mass is 292 g/mol. The van der Waals surface area contributed by atoms with Crippen molar-refractivity contribution in [3.63, 3.8) is 0 Å². The Hall–Kier alpha value is -1.59. The highest BCUT2D eigenvalue weighted by molar-refractivity contribution is 5.79. The topological polar surface area (TPSA) is 61.8 Å². The standard InChI is InChI=1S/C16H24N2O3/c1-21-15-7-3-2-5-14(15)12-18(9-10-19)16(20)13-6-4-8-17-11-13/h2-3,5,7,13,17,19H,4,6,8-12H2,1H3. The number of ether oxygens (including phenoxy) is 1. The number of nitrogens with one attached hydrogen (secondary N) is 1. The largest absolute Gasteiger partial charge is 0.496 e. The summed E-state index contributed by atoms with van der Waals surface area (Å²) in [5.41, 5.74) is 0.963. The van der Waals surface area contributed by atoms with Crippen molar-refractivity contribution in [1.29, 1.82) is 0 Å². The fourth-order valence-electron chi connectivity index (χ4n) is 2.75. The molecule has 0 saturated carbocycles. The van der Waals surface area contributed by atoms with Gasteiger partial charge in [-0.15, -0.1) is 0 Å². The minimum Gasteiger partial charge on any atom is -0.496 e. The van der Waals surface area contributed by atoms with Gasteiger partial charge in [0.15, 0.2) is 0 Å². The van der Waals surface area contributed by atoms with Crippen LogP contribution in [0.2, 0.25) is 0 Å². The highest BCUT2D eigenvalue weighted by Gasteiger charge is 2.26. The number of aliphatic hydroxyl groups excluding tert-OH is 1. The molecule has 116 valence electrons. The third-order valence-electron chi connectivity index (χ3n) is 3.88. The van der Waals surface area contributed by atoms with Gasteiger partial charge in [-0.3, -0.25) is 4.79 Å². The molecule has 0 aromatic heterocycles. The number of piperidine rings is 1. The molecule has 1 saturated heterocycles. The summed E-state index contributed by atoms with van der Waals surface area (Å²) in [4.78, 5) is 14.4. The van der Waals surface area contributed by atoms with Crippen LogP contribution in [0.25, 0.3) is 0 Å². The summed E-state index contributed by atoms with van der Waals surface area (Å²) < 4.78 is 5.34. The Morgan fingerprint density at radius 3 is 2.95 bits per heavy atom. The number of nitrogens with zero attached hydrogens (tertiary/aromatic N) is 1. The fourth-order valence-corrected chi connectivity index (χ4v) is 2.75. The van der Waals surface area contributed by atoms with E-state index in [0.717, 1.165) is 37.2 Å². The first-order valence-corrected chi connectivity index (χ1v) is 7.48. The van der Waals surface area contributed by atoms with Gasteiger partial charge in [0.25, 0.3) is 0 Å². The molecule has 1 aliphatic rings. The van der Waals surface area contributed by atoms with Crippen LogP contribution in [0.3, 0.4) is 0 Å². The first-order valence-electron chi connectivity index (χ1n) is 7.48. The van der Waals surface area contributed by atoms with Crippen LogP contribution in [0.1, 0.15) is 18.4 Å². The minimum atomic E-state index is -0.0267. The normalized spacial score (nSPS) is 18.3. The minimum absolute atomic E-state index is 0.0139. The number of para-hydroxylation sites is 1.